The number of aromatic amines is 1. The number of amides is 2. The zero-order valence-corrected chi connectivity index (χ0v) is 24.8. The van der Waals surface area contributed by atoms with Crippen LogP contribution in [0.25, 0.3) is 10.9 Å². The number of H-pyrrole nitrogens is 1. The van der Waals surface area contributed by atoms with Gasteiger partial charge in [-0.25, -0.2) is 10.1 Å². The number of likely N-dealkylation sites (N-methyl/N-ethyl adjacent to an activating group) is 1. The summed E-state index contributed by atoms with van der Waals surface area (Å²) in [5.41, 5.74) is 4.02. The lowest BCUT2D eigenvalue weighted by atomic mass is 10.00. The standard InChI is InChI=1S/C33H36N6O5/c1-34-29(41)21-39-16-14-38(15-17-39)18-19-44-37(2)33(43)25-9-11-26(12-10-25)35-31(24-6-4-3-5-7-24)30-27-13-8-23(22-40)20-28(27)36-32(30)42/h3-13,20,22,36,42H,14-19,21H2,1-2H3,(H,34,41). The molecule has 0 spiro atoms. The number of nitrogens with zero attached hydrogens (tertiary/aromatic N) is 4. The second-order valence-electron chi connectivity index (χ2n) is 10.6. The van der Waals surface area contributed by atoms with E-state index in [1.54, 1.807) is 56.6 Å². The van der Waals surface area contributed by atoms with Crippen molar-refractivity contribution in [3.63, 3.8) is 0 Å². The molecule has 1 saturated heterocycles. The lowest BCUT2D eigenvalue weighted by Crippen LogP contribution is -2.50. The van der Waals surface area contributed by atoms with Gasteiger partial charge >= 0.3 is 0 Å². The number of nitrogens with one attached hydrogen (secondary N) is 2. The molecule has 2 heterocycles. The van der Waals surface area contributed by atoms with E-state index in [1.165, 1.54) is 5.06 Å². The number of piperazine rings is 1. The van der Waals surface area contributed by atoms with Crippen LogP contribution in [-0.2, 0) is 9.63 Å². The van der Waals surface area contributed by atoms with Crippen LogP contribution in [-0.4, -0.2) is 109 Å². The summed E-state index contributed by atoms with van der Waals surface area (Å²) in [6.45, 7) is 4.74. The molecule has 3 aromatic carbocycles. The molecule has 11 nitrogen and oxygen atoms in total. The van der Waals surface area contributed by atoms with E-state index in [2.05, 4.69) is 20.1 Å². The van der Waals surface area contributed by atoms with Gasteiger partial charge in [-0.15, -0.1) is 0 Å². The van der Waals surface area contributed by atoms with Gasteiger partial charge in [0.25, 0.3) is 5.91 Å². The molecule has 3 N–H and O–H groups in total. The maximum absolute atomic E-state index is 13.0. The molecule has 228 valence electrons. The second-order valence-corrected chi connectivity index (χ2v) is 10.6. The van der Waals surface area contributed by atoms with Crippen molar-refractivity contribution in [1.29, 1.82) is 0 Å². The minimum Gasteiger partial charge on any atom is -0.494 e. The smallest absolute Gasteiger partial charge is 0.277 e. The number of aromatic hydroxyl groups is 1. The first-order chi connectivity index (χ1) is 21.4. The number of hydrogen-bond acceptors (Lipinski definition) is 8. The Balaban J connectivity index is 1.25. The maximum atomic E-state index is 13.0. The molecule has 1 aliphatic rings. The summed E-state index contributed by atoms with van der Waals surface area (Å²) in [6, 6.07) is 21.6. The Labute approximate surface area is 255 Å². The summed E-state index contributed by atoms with van der Waals surface area (Å²) in [6.07, 6.45) is 0.758. The SMILES string of the molecule is CNC(=O)CN1CCN(CCON(C)C(=O)c2ccc(N=C(c3ccccc3)c3c(O)[nH]c4cc(C=O)ccc34)cc2)CC1. The molecule has 44 heavy (non-hydrogen) atoms. The van der Waals surface area contributed by atoms with E-state index in [-0.39, 0.29) is 17.7 Å². The van der Waals surface area contributed by atoms with E-state index >= 15 is 0 Å². The lowest BCUT2D eigenvalue weighted by molar-refractivity contribution is -0.122. The van der Waals surface area contributed by atoms with Crippen LogP contribution < -0.4 is 5.32 Å². The Kier molecular flexibility index (Phi) is 9.80. The number of carbonyl (C=O) groups is 3. The van der Waals surface area contributed by atoms with Gasteiger partial charge in [-0.3, -0.25) is 29.0 Å². The predicted molar refractivity (Wildman–Crippen MR) is 169 cm³/mol. The van der Waals surface area contributed by atoms with E-state index < -0.39 is 0 Å². The van der Waals surface area contributed by atoms with Crippen molar-refractivity contribution in [1.82, 2.24) is 25.2 Å². The van der Waals surface area contributed by atoms with Crippen LogP contribution in [0.2, 0.25) is 0 Å². The molecule has 0 aliphatic carbocycles. The topological polar surface area (TPSA) is 131 Å². The molecule has 0 atom stereocenters. The van der Waals surface area contributed by atoms with Gasteiger partial charge in [0.2, 0.25) is 5.91 Å². The van der Waals surface area contributed by atoms with Gasteiger partial charge in [0, 0.05) is 74.4 Å². The quantitative estimate of drug-likeness (QED) is 0.138. The van der Waals surface area contributed by atoms with Crippen molar-refractivity contribution in [2.24, 2.45) is 4.99 Å². The van der Waals surface area contributed by atoms with E-state index in [9.17, 15) is 19.5 Å². The van der Waals surface area contributed by atoms with Crippen molar-refractivity contribution < 1.29 is 24.3 Å². The highest BCUT2D eigenvalue weighted by molar-refractivity contribution is 6.22. The van der Waals surface area contributed by atoms with Gasteiger partial charge in [0.15, 0.2) is 5.88 Å². The Morgan fingerprint density at radius 1 is 1.00 bits per heavy atom. The number of benzene rings is 3. The van der Waals surface area contributed by atoms with Crippen LogP contribution in [0.1, 0.15) is 31.8 Å². The molecule has 1 aromatic heterocycles. The summed E-state index contributed by atoms with van der Waals surface area (Å²) in [5, 5.41) is 15.5. The van der Waals surface area contributed by atoms with Crippen LogP contribution in [0.4, 0.5) is 5.69 Å². The number of aldehydes is 1. The molecule has 0 bridgehead atoms. The molecule has 5 rings (SSSR count). The molecule has 1 aliphatic heterocycles. The number of rotatable bonds is 11. The highest BCUT2D eigenvalue weighted by atomic mass is 16.7. The van der Waals surface area contributed by atoms with Crippen LogP contribution in [0.3, 0.4) is 0 Å². The maximum Gasteiger partial charge on any atom is 0.277 e. The number of carbonyl (C=O) groups excluding carboxylic acids is 3. The van der Waals surface area contributed by atoms with Gasteiger partial charge < -0.3 is 15.4 Å². The summed E-state index contributed by atoms with van der Waals surface area (Å²) in [5.74, 6) is -0.316. The van der Waals surface area contributed by atoms with Crippen LogP contribution >= 0.6 is 0 Å². The first-order valence-electron chi connectivity index (χ1n) is 14.5. The fourth-order valence-corrected chi connectivity index (χ4v) is 5.18. The minimum atomic E-state index is -0.278. The Bertz CT molecular complexity index is 1640. The van der Waals surface area contributed by atoms with Crippen molar-refractivity contribution >= 4 is 40.4 Å². The zero-order valence-electron chi connectivity index (χ0n) is 24.8. The highest BCUT2D eigenvalue weighted by Gasteiger charge is 2.21. The Hall–Kier alpha value is -4.84. The first-order valence-corrected chi connectivity index (χ1v) is 14.5. The summed E-state index contributed by atoms with van der Waals surface area (Å²) >= 11 is 0. The molecule has 0 saturated carbocycles. The van der Waals surface area contributed by atoms with Crippen molar-refractivity contribution in [2.75, 3.05) is 60.0 Å². The fraction of sp³-hybridized carbons (Fsp3) is 0.273. The first kappa shape index (κ1) is 30.6. The van der Waals surface area contributed by atoms with Crippen LogP contribution in [0.5, 0.6) is 5.88 Å². The lowest BCUT2D eigenvalue weighted by Gasteiger charge is -2.34. The number of aliphatic imine (C=N–C) groups is 1. The normalized spacial score (nSPS) is 14.5. The highest BCUT2D eigenvalue weighted by Crippen LogP contribution is 2.32. The Morgan fingerprint density at radius 2 is 1.70 bits per heavy atom. The number of fused-ring (bicyclic) bond motifs is 1. The number of hydroxylamine groups is 2. The second kappa shape index (κ2) is 14.1. The molecule has 1 fully saturated rings. The summed E-state index contributed by atoms with van der Waals surface area (Å²) < 4.78 is 0. The summed E-state index contributed by atoms with van der Waals surface area (Å²) in [4.78, 5) is 53.8. The van der Waals surface area contributed by atoms with E-state index in [1.807, 2.05) is 30.3 Å². The van der Waals surface area contributed by atoms with E-state index in [0.29, 0.717) is 53.3 Å². The van der Waals surface area contributed by atoms with Crippen molar-refractivity contribution in [3.05, 3.63) is 95.1 Å². The number of aromatic nitrogens is 1. The zero-order chi connectivity index (χ0) is 31.1. The minimum absolute atomic E-state index is 0.0158. The fourth-order valence-electron chi connectivity index (χ4n) is 5.18. The van der Waals surface area contributed by atoms with Gasteiger partial charge in [-0.05, 0) is 30.3 Å². The van der Waals surface area contributed by atoms with E-state index in [4.69, 9.17) is 9.83 Å². The van der Waals surface area contributed by atoms with Gasteiger partial charge in [0.05, 0.1) is 30.1 Å². The molecule has 0 radical (unpaired) electrons. The van der Waals surface area contributed by atoms with E-state index in [0.717, 1.165) is 43.4 Å². The van der Waals surface area contributed by atoms with Crippen LogP contribution in [0, 0.1) is 0 Å². The molecular weight excluding hydrogens is 560 g/mol. The molecule has 2 amide bonds. The summed E-state index contributed by atoms with van der Waals surface area (Å²) in [7, 11) is 3.24. The predicted octanol–water partition coefficient (Wildman–Crippen LogP) is 3.22. The third kappa shape index (κ3) is 7.20. The average molecular weight is 597 g/mol. The van der Waals surface area contributed by atoms with Gasteiger partial charge in [-0.2, -0.15) is 0 Å². The average Bonchev–Trinajstić information content (AvgIpc) is 3.39. The number of hydrogen-bond donors (Lipinski definition) is 3. The van der Waals surface area contributed by atoms with Crippen molar-refractivity contribution in [3.8, 4) is 5.88 Å². The molecular formula is C33H36N6O5. The van der Waals surface area contributed by atoms with Crippen molar-refractivity contribution in [2.45, 2.75) is 0 Å². The monoisotopic (exact) mass is 596 g/mol. The molecule has 0 unspecified atom stereocenters. The van der Waals surface area contributed by atoms with Crippen LogP contribution in [0.15, 0.2) is 77.8 Å². The molecule has 4 aromatic rings. The van der Waals surface area contributed by atoms with Gasteiger partial charge in [0.1, 0.15) is 6.29 Å². The largest absolute Gasteiger partial charge is 0.494 e. The van der Waals surface area contributed by atoms with Gasteiger partial charge in [-0.1, -0.05) is 42.5 Å². The third-order valence-electron chi connectivity index (χ3n) is 7.67. The Morgan fingerprint density at radius 3 is 2.39 bits per heavy atom. The molecule has 11 heteroatoms. The third-order valence-corrected chi connectivity index (χ3v) is 7.67.